The second-order valence-electron chi connectivity index (χ2n) is 3.76. The summed E-state index contributed by atoms with van der Waals surface area (Å²) in [5.41, 5.74) is 2.65. The summed E-state index contributed by atoms with van der Waals surface area (Å²) in [6.07, 6.45) is 5.72. The third kappa shape index (κ3) is 1.20. The monoisotopic (exact) mass is 197 g/mol. The predicted octanol–water partition coefficient (Wildman–Crippen LogP) is 2.06. The van der Waals surface area contributed by atoms with E-state index < -0.39 is 0 Å². The summed E-state index contributed by atoms with van der Waals surface area (Å²) in [5, 5.41) is 11.5. The van der Waals surface area contributed by atoms with Gasteiger partial charge in [-0.3, -0.25) is 4.99 Å². The van der Waals surface area contributed by atoms with Crippen LogP contribution in [0.3, 0.4) is 0 Å². The van der Waals surface area contributed by atoms with Gasteiger partial charge in [0.1, 0.15) is 6.17 Å². The molecule has 2 atom stereocenters. The van der Waals surface area contributed by atoms with Crippen molar-refractivity contribution in [2.75, 3.05) is 5.32 Å². The second kappa shape index (κ2) is 3.05. The number of nitrogens with zero attached hydrogens (tertiary/aromatic N) is 1. The number of rotatable bonds is 0. The number of para-hydroxylation sites is 1. The number of hydrogen-bond acceptors (Lipinski definition) is 3. The summed E-state index contributed by atoms with van der Waals surface area (Å²) in [6, 6.07) is 7.91. The molecular weight excluding hydrogens is 186 g/mol. The summed E-state index contributed by atoms with van der Waals surface area (Å²) in [4.78, 5) is 4.34. The molecule has 1 aromatic carbocycles. The standard InChI is InChI=1S/C12H11N3/c13-11-8-4-1-2-6-10(8)15-12-9(11)5-3-7-14-12/h1-7,9,12-13,15H. The van der Waals surface area contributed by atoms with E-state index in [4.69, 9.17) is 5.41 Å². The van der Waals surface area contributed by atoms with Crippen LogP contribution in [0.25, 0.3) is 0 Å². The van der Waals surface area contributed by atoms with Crippen LogP contribution in [-0.2, 0) is 0 Å². The smallest absolute Gasteiger partial charge is 0.130 e. The summed E-state index contributed by atoms with van der Waals surface area (Å²) in [6.45, 7) is 0. The molecule has 0 saturated carbocycles. The number of dihydropyridines is 1. The van der Waals surface area contributed by atoms with Crippen molar-refractivity contribution in [1.29, 1.82) is 5.41 Å². The highest BCUT2D eigenvalue weighted by Crippen LogP contribution is 2.30. The van der Waals surface area contributed by atoms with Gasteiger partial charge >= 0.3 is 0 Å². The molecule has 3 rings (SSSR count). The van der Waals surface area contributed by atoms with Crippen LogP contribution in [0.4, 0.5) is 5.69 Å². The molecule has 0 aromatic heterocycles. The minimum Gasteiger partial charge on any atom is -0.362 e. The zero-order valence-corrected chi connectivity index (χ0v) is 8.14. The Kier molecular flexibility index (Phi) is 1.71. The molecule has 74 valence electrons. The SMILES string of the molecule is N=C1c2ccccc2NC2N=CC=CC12. The largest absolute Gasteiger partial charge is 0.362 e. The molecule has 3 heteroatoms. The van der Waals surface area contributed by atoms with Gasteiger partial charge in [0.05, 0.1) is 11.6 Å². The summed E-state index contributed by atoms with van der Waals surface area (Å²) in [7, 11) is 0. The average molecular weight is 197 g/mol. The van der Waals surface area contributed by atoms with Gasteiger partial charge in [-0.1, -0.05) is 24.3 Å². The molecule has 3 nitrogen and oxygen atoms in total. The molecule has 0 aliphatic carbocycles. The Labute approximate surface area is 88.1 Å². The van der Waals surface area contributed by atoms with Crippen molar-refractivity contribution < 1.29 is 0 Å². The number of fused-ring (bicyclic) bond motifs is 2. The normalized spacial score (nSPS) is 26.8. The quantitative estimate of drug-likeness (QED) is 0.657. The zero-order valence-electron chi connectivity index (χ0n) is 8.14. The molecule has 0 saturated heterocycles. The van der Waals surface area contributed by atoms with E-state index in [1.54, 1.807) is 6.21 Å². The summed E-state index contributed by atoms with van der Waals surface area (Å²) >= 11 is 0. The van der Waals surface area contributed by atoms with Crippen molar-refractivity contribution in [1.82, 2.24) is 0 Å². The first-order valence-corrected chi connectivity index (χ1v) is 5.00. The fourth-order valence-corrected chi connectivity index (χ4v) is 2.07. The van der Waals surface area contributed by atoms with E-state index in [0.717, 1.165) is 11.3 Å². The summed E-state index contributed by atoms with van der Waals surface area (Å²) in [5.74, 6) is 0.0740. The Bertz CT molecular complexity index is 474. The highest BCUT2D eigenvalue weighted by molar-refractivity contribution is 6.08. The molecule has 2 heterocycles. The van der Waals surface area contributed by atoms with E-state index in [-0.39, 0.29) is 12.1 Å². The maximum absolute atomic E-state index is 8.13. The summed E-state index contributed by atoms with van der Waals surface area (Å²) < 4.78 is 0. The maximum Gasteiger partial charge on any atom is 0.130 e. The van der Waals surface area contributed by atoms with Crippen molar-refractivity contribution in [3.8, 4) is 0 Å². The Morgan fingerprint density at radius 3 is 3.07 bits per heavy atom. The lowest BCUT2D eigenvalue weighted by atomic mass is 9.88. The first kappa shape index (κ1) is 8.41. The van der Waals surface area contributed by atoms with Gasteiger partial charge < -0.3 is 10.7 Å². The van der Waals surface area contributed by atoms with E-state index in [1.807, 2.05) is 36.4 Å². The Morgan fingerprint density at radius 2 is 2.13 bits per heavy atom. The molecule has 2 aliphatic heterocycles. The fourth-order valence-electron chi connectivity index (χ4n) is 2.07. The predicted molar refractivity (Wildman–Crippen MR) is 61.8 cm³/mol. The van der Waals surface area contributed by atoms with Crippen molar-refractivity contribution in [2.24, 2.45) is 10.9 Å². The number of hydrogen-bond donors (Lipinski definition) is 2. The van der Waals surface area contributed by atoms with Gasteiger partial charge in [0.2, 0.25) is 0 Å². The lowest BCUT2D eigenvalue weighted by Gasteiger charge is -2.32. The lowest BCUT2D eigenvalue weighted by molar-refractivity contribution is 0.664. The van der Waals surface area contributed by atoms with Crippen molar-refractivity contribution in [3.63, 3.8) is 0 Å². The first-order valence-electron chi connectivity index (χ1n) is 5.00. The van der Waals surface area contributed by atoms with E-state index in [0.29, 0.717) is 5.71 Å². The minimum atomic E-state index is -0.00241. The number of nitrogens with one attached hydrogen (secondary N) is 2. The van der Waals surface area contributed by atoms with Gasteiger partial charge in [-0.15, -0.1) is 0 Å². The van der Waals surface area contributed by atoms with Crippen LogP contribution in [0.15, 0.2) is 41.4 Å². The van der Waals surface area contributed by atoms with Gasteiger partial charge in [0.25, 0.3) is 0 Å². The van der Waals surface area contributed by atoms with Crippen molar-refractivity contribution in [3.05, 3.63) is 42.0 Å². The molecular formula is C12H11N3. The van der Waals surface area contributed by atoms with Crippen LogP contribution in [0.1, 0.15) is 5.56 Å². The zero-order chi connectivity index (χ0) is 10.3. The molecule has 0 spiro atoms. The highest BCUT2D eigenvalue weighted by atomic mass is 15.1. The van der Waals surface area contributed by atoms with Crippen LogP contribution in [0, 0.1) is 11.3 Å². The van der Waals surface area contributed by atoms with Crippen molar-refractivity contribution >= 4 is 17.6 Å². The number of anilines is 1. The number of aliphatic imine (C=N–C) groups is 1. The lowest BCUT2D eigenvalue weighted by Crippen LogP contribution is -2.38. The molecule has 2 aliphatic rings. The van der Waals surface area contributed by atoms with E-state index >= 15 is 0 Å². The molecule has 1 aromatic rings. The number of benzene rings is 1. The topological polar surface area (TPSA) is 48.2 Å². The minimum absolute atomic E-state index is 0.00241. The van der Waals surface area contributed by atoms with Crippen molar-refractivity contribution in [2.45, 2.75) is 6.17 Å². The third-order valence-corrected chi connectivity index (χ3v) is 2.85. The molecule has 0 fully saturated rings. The molecule has 0 amide bonds. The second-order valence-corrected chi connectivity index (χ2v) is 3.76. The van der Waals surface area contributed by atoms with E-state index in [9.17, 15) is 0 Å². The molecule has 2 unspecified atom stereocenters. The van der Waals surface area contributed by atoms with Gasteiger partial charge in [0, 0.05) is 17.5 Å². The Balaban J connectivity index is 2.11. The highest BCUT2D eigenvalue weighted by Gasteiger charge is 2.30. The Morgan fingerprint density at radius 1 is 1.27 bits per heavy atom. The van der Waals surface area contributed by atoms with Gasteiger partial charge in [-0.25, -0.2) is 0 Å². The molecule has 0 bridgehead atoms. The maximum atomic E-state index is 8.13. The van der Waals surface area contributed by atoms with Gasteiger partial charge in [-0.2, -0.15) is 0 Å². The van der Waals surface area contributed by atoms with Crippen LogP contribution in [-0.4, -0.2) is 18.1 Å². The molecule has 15 heavy (non-hydrogen) atoms. The van der Waals surface area contributed by atoms with Crippen LogP contribution in [0.2, 0.25) is 0 Å². The molecule has 2 N–H and O–H groups in total. The third-order valence-electron chi connectivity index (χ3n) is 2.85. The number of allylic oxidation sites excluding steroid dienone is 1. The van der Waals surface area contributed by atoms with Crippen LogP contribution >= 0.6 is 0 Å². The Hall–Kier alpha value is -1.90. The van der Waals surface area contributed by atoms with Crippen LogP contribution < -0.4 is 5.32 Å². The van der Waals surface area contributed by atoms with E-state index in [1.165, 1.54) is 0 Å². The van der Waals surface area contributed by atoms with Gasteiger partial charge in [0.15, 0.2) is 0 Å². The van der Waals surface area contributed by atoms with E-state index in [2.05, 4.69) is 10.3 Å². The molecule has 0 radical (unpaired) electrons. The van der Waals surface area contributed by atoms with Crippen LogP contribution in [0.5, 0.6) is 0 Å². The average Bonchev–Trinajstić information content (AvgIpc) is 2.30. The first-order chi connectivity index (χ1) is 7.36. The fraction of sp³-hybridized carbons (Fsp3) is 0.167. The van der Waals surface area contributed by atoms with Gasteiger partial charge in [-0.05, 0) is 12.1 Å².